The number of methoxy groups -OCH3 is 1. The van der Waals surface area contributed by atoms with Gasteiger partial charge in [0.25, 0.3) is 0 Å². The predicted molar refractivity (Wildman–Crippen MR) is 98.6 cm³/mol. The lowest BCUT2D eigenvalue weighted by Crippen LogP contribution is -2.24. The van der Waals surface area contributed by atoms with E-state index < -0.39 is 16.0 Å². The van der Waals surface area contributed by atoms with Gasteiger partial charge in [0.2, 0.25) is 10.0 Å². The first-order chi connectivity index (χ1) is 11.9. The Bertz CT molecular complexity index is 1030. The Labute approximate surface area is 154 Å². The summed E-state index contributed by atoms with van der Waals surface area (Å²) in [7, 11) is -2.68. The maximum Gasteiger partial charge on any atom is 0.349 e. The molecule has 25 heavy (non-hydrogen) atoms. The van der Waals surface area contributed by atoms with E-state index in [1.165, 1.54) is 7.11 Å². The average Bonchev–Trinajstić information content (AvgIpc) is 3.01. The molecule has 0 unspecified atom stereocenters. The molecule has 5 nitrogen and oxygen atoms in total. The van der Waals surface area contributed by atoms with Crippen molar-refractivity contribution in [2.24, 2.45) is 0 Å². The van der Waals surface area contributed by atoms with Crippen molar-refractivity contribution in [2.45, 2.75) is 11.4 Å². The highest BCUT2D eigenvalue weighted by Crippen LogP contribution is 2.35. The Morgan fingerprint density at radius 3 is 2.52 bits per heavy atom. The third kappa shape index (κ3) is 3.69. The van der Waals surface area contributed by atoms with Gasteiger partial charge in [0.05, 0.1) is 7.11 Å². The molecule has 0 aliphatic heterocycles. The number of thiophene rings is 1. The van der Waals surface area contributed by atoms with Crippen LogP contribution in [0, 0.1) is 0 Å². The summed E-state index contributed by atoms with van der Waals surface area (Å²) in [5.74, 6) is -0.673. The van der Waals surface area contributed by atoms with E-state index in [9.17, 15) is 13.2 Å². The van der Waals surface area contributed by atoms with Crippen LogP contribution in [0.25, 0.3) is 10.1 Å². The minimum Gasteiger partial charge on any atom is -0.465 e. The summed E-state index contributed by atoms with van der Waals surface area (Å²) in [5.41, 5.74) is 0.757. The SMILES string of the molecule is COC(=O)c1sc2ccccc2c1S(=O)(=O)NCc1ccc(Cl)cc1. The molecule has 0 atom stereocenters. The Morgan fingerprint density at radius 2 is 1.84 bits per heavy atom. The molecular formula is C17H14ClNO4S2. The highest BCUT2D eigenvalue weighted by atomic mass is 35.5. The highest BCUT2D eigenvalue weighted by Gasteiger charge is 2.28. The summed E-state index contributed by atoms with van der Waals surface area (Å²) in [5, 5.41) is 1.07. The maximum atomic E-state index is 12.9. The van der Waals surface area contributed by atoms with E-state index in [4.69, 9.17) is 16.3 Å². The molecule has 3 aromatic rings. The molecule has 0 radical (unpaired) electrons. The fourth-order valence-corrected chi connectivity index (χ4v) is 5.33. The number of benzene rings is 2. The smallest absolute Gasteiger partial charge is 0.349 e. The molecule has 0 bridgehead atoms. The molecule has 0 fully saturated rings. The molecule has 1 aromatic heterocycles. The van der Waals surface area contributed by atoms with Gasteiger partial charge in [0, 0.05) is 21.7 Å². The molecule has 3 rings (SSSR count). The zero-order chi connectivity index (χ0) is 18.0. The first kappa shape index (κ1) is 17.9. The van der Waals surface area contributed by atoms with Crippen molar-refractivity contribution >= 4 is 49.0 Å². The van der Waals surface area contributed by atoms with E-state index in [2.05, 4.69) is 4.72 Å². The van der Waals surface area contributed by atoms with Crippen LogP contribution in [0.15, 0.2) is 53.4 Å². The molecule has 0 aliphatic carbocycles. The number of halogens is 1. The van der Waals surface area contributed by atoms with Crippen LogP contribution < -0.4 is 4.72 Å². The second-order valence-corrected chi connectivity index (χ2v) is 8.39. The van der Waals surface area contributed by atoms with Crippen molar-refractivity contribution in [2.75, 3.05) is 7.11 Å². The molecule has 0 saturated carbocycles. The van der Waals surface area contributed by atoms with Crippen molar-refractivity contribution in [3.63, 3.8) is 0 Å². The van der Waals surface area contributed by atoms with E-state index in [1.807, 2.05) is 0 Å². The monoisotopic (exact) mass is 395 g/mol. The molecule has 130 valence electrons. The second-order valence-electron chi connectivity index (χ2n) is 5.20. The Kier molecular flexibility index (Phi) is 5.10. The van der Waals surface area contributed by atoms with Gasteiger partial charge in [-0.3, -0.25) is 0 Å². The van der Waals surface area contributed by atoms with Crippen LogP contribution in [-0.2, 0) is 21.3 Å². The number of hydrogen-bond acceptors (Lipinski definition) is 5. The van der Waals surface area contributed by atoms with Crippen LogP contribution in [0.4, 0.5) is 0 Å². The molecule has 0 spiro atoms. The summed E-state index contributed by atoms with van der Waals surface area (Å²) < 4.78 is 33.7. The first-order valence-corrected chi connectivity index (χ1v) is 9.94. The van der Waals surface area contributed by atoms with Gasteiger partial charge in [0.1, 0.15) is 9.77 Å². The van der Waals surface area contributed by atoms with Gasteiger partial charge in [-0.25, -0.2) is 17.9 Å². The second kappa shape index (κ2) is 7.13. The van der Waals surface area contributed by atoms with Gasteiger partial charge in [0.15, 0.2) is 0 Å². The highest BCUT2D eigenvalue weighted by molar-refractivity contribution is 7.90. The molecule has 2 aromatic carbocycles. The molecule has 8 heteroatoms. The number of esters is 1. The van der Waals surface area contributed by atoms with Crippen LogP contribution in [0.2, 0.25) is 5.02 Å². The van der Waals surface area contributed by atoms with Crippen LogP contribution in [-0.4, -0.2) is 21.5 Å². The average molecular weight is 396 g/mol. The van der Waals surface area contributed by atoms with Crippen LogP contribution in [0.3, 0.4) is 0 Å². The van der Waals surface area contributed by atoms with E-state index in [-0.39, 0.29) is 16.3 Å². The van der Waals surface area contributed by atoms with E-state index in [1.54, 1.807) is 48.5 Å². The number of carbonyl (C=O) groups excluding carboxylic acids is 1. The number of nitrogens with one attached hydrogen (secondary N) is 1. The Morgan fingerprint density at radius 1 is 1.16 bits per heavy atom. The zero-order valence-corrected chi connectivity index (χ0v) is 15.5. The summed E-state index contributed by atoms with van der Waals surface area (Å²) in [6, 6.07) is 13.8. The molecular weight excluding hydrogens is 382 g/mol. The molecule has 0 saturated heterocycles. The summed E-state index contributed by atoms with van der Waals surface area (Å²) >= 11 is 6.93. The fourth-order valence-electron chi connectivity index (χ4n) is 2.37. The van der Waals surface area contributed by atoms with Gasteiger partial charge < -0.3 is 4.74 Å². The lowest BCUT2D eigenvalue weighted by Gasteiger charge is -2.08. The largest absolute Gasteiger partial charge is 0.465 e. The molecule has 1 N–H and O–H groups in total. The van der Waals surface area contributed by atoms with E-state index in [0.717, 1.165) is 16.9 Å². The lowest BCUT2D eigenvalue weighted by molar-refractivity contribution is 0.0602. The van der Waals surface area contributed by atoms with Crippen molar-refractivity contribution in [1.82, 2.24) is 4.72 Å². The molecule has 0 aliphatic rings. The van der Waals surface area contributed by atoms with Crippen molar-refractivity contribution in [3.05, 3.63) is 64.0 Å². The number of rotatable bonds is 5. The number of sulfonamides is 1. The molecule has 1 heterocycles. The standard InChI is InChI=1S/C17H14ClNO4S2/c1-23-17(20)15-16(13-4-2-3-5-14(13)24-15)25(21,22)19-10-11-6-8-12(18)9-7-11/h2-9,19H,10H2,1H3. The number of carbonyl (C=O) groups is 1. The summed E-state index contributed by atoms with van der Waals surface area (Å²) in [4.78, 5) is 12.1. The lowest BCUT2D eigenvalue weighted by atomic mass is 10.2. The topological polar surface area (TPSA) is 72.5 Å². The van der Waals surface area contributed by atoms with Crippen molar-refractivity contribution < 1.29 is 17.9 Å². The summed E-state index contributed by atoms with van der Waals surface area (Å²) in [6.07, 6.45) is 0. The number of ether oxygens (including phenoxy) is 1. The Balaban J connectivity index is 2.01. The van der Waals surface area contributed by atoms with Gasteiger partial charge in [-0.1, -0.05) is 41.9 Å². The minimum absolute atomic E-state index is 0.0473. The summed E-state index contributed by atoms with van der Waals surface area (Å²) in [6.45, 7) is 0.0876. The quantitative estimate of drug-likeness (QED) is 0.666. The third-order valence-corrected chi connectivity index (χ3v) is 6.59. The van der Waals surface area contributed by atoms with Gasteiger partial charge >= 0.3 is 5.97 Å². The number of hydrogen-bond donors (Lipinski definition) is 1. The predicted octanol–water partition coefficient (Wildman–Crippen LogP) is 3.82. The van der Waals surface area contributed by atoms with Crippen LogP contribution in [0.1, 0.15) is 15.2 Å². The maximum absolute atomic E-state index is 12.9. The van der Waals surface area contributed by atoms with E-state index in [0.29, 0.717) is 15.1 Å². The third-order valence-electron chi connectivity index (χ3n) is 3.57. The van der Waals surface area contributed by atoms with Crippen LogP contribution >= 0.6 is 22.9 Å². The normalized spacial score (nSPS) is 11.6. The minimum atomic E-state index is -3.91. The number of fused-ring (bicyclic) bond motifs is 1. The van der Waals surface area contributed by atoms with Crippen molar-refractivity contribution in [1.29, 1.82) is 0 Å². The van der Waals surface area contributed by atoms with Gasteiger partial charge in [-0.2, -0.15) is 0 Å². The molecule has 0 amide bonds. The van der Waals surface area contributed by atoms with Crippen molar-refractivity contribution in [3.8, 4) is 0 Å². The Hall–Kier alpha value is -1.93. The zero-order valence-electron chi connectivity index (χ0n) is 13.2. The van der Waals surface area contributed by atoms with Gasteiger partial charge in [-0.15, -0.1) is 11.3 Å². The van der Waals surface area contributed by atoms with Gasteiger partial charge in [-0.05, 0) is 23.8 Å². The van der Waals surface area contributed by atoms with Crippen LogP contribution in [0.5, 0.6) is 0 Å². The fraction of sp³-hybridized carbons (Fsp3) is 0.118. The first-order valence-electron chi connectivity index (χ1n) is 7.26. The van der Waals surface area contributed by atoms with E-state index >= 15 is 0 Å².